The lowest BCUT2D eigenvalue weighted by atomic mass is 9.80. The van der Waals surface area contributed by atoms with E-state index in [0.29, 0.717) is 0 Å². The van der Waals surface area contributed by atoms with E-state index < -0.39 is 187 Å². The SMILES string of the molecule is CC(=O)OC1[C@@H](O[C@@H]2C(O)C(O[C@H]3OC(CNC(=O)OC(C)(C)C)CCC3NC(=O)OC(C)(C)C)[C@H](NC(=O)OC(C)(C)C)C(OC(C)=O)[C@H]2NC(=O)[C@H](CCNC(=O)OC(C)(C)C)OC(C)=O)OC(CO)[C@@H](O)[C@@H]1NC(=O)OC(C)(C)C. The number of ether oxygens (including phenoxy) is 12. The summed E-state index contributed by atoms with van der Waals surface area (Å²) >= 11 is 0. The molecule has 3 fully saturated rings. The average Bonchev–Trinajstić information content (AvgIpc) is 2.76. The fourth-order valence-electron chi connectivity index (χ4n) is 8.64. The summed E-state index contributed by atoms with van der Waals surface area (Å²) in [4.78, 5) is 120. The van der Waals surface area contributed by atoms with Gasteiger partial charge in [0.05, 0.1) is 24.8 Å². The molecule has 30 heteroatoms. The first-order valence-corrected chi connectivity index (χ1v) is 27.3. The highest BCUT2D eigenvalue weighted by Crippen LogP contribution is 2.36. The van der Waals surface area contributed by atoms with Crippen molar-refractivity contribution >= 4 is 54.3 Å². The number of alkyl carbamates (subject to hydrolysis) is 5. The first kappa shape index (κ1) is 71.2. The molecule has 7 unspecified atom stereocenters. The lowest BCUT2D eigenvalue weighted by molar-refractivity contribution is -0.323. The maximum atomic E-state index is 14.8. The first-order valence-electron chi connectivity index (χ1n) is 27.3. The molecule has 2 saturated heterocycles. The standard InChI is InChI=1S/C53H90N6O24/c1-25(61)72-30(21-22-54-44(67)79-49(4,5)6)41(66)57-33-37(73-26(2)62)34(59-48(71)83-53(16,17)18)39(77-42-29(56-46(69)81-51(10,11)12)20-19-28(75-42)23-55-45(68)80-50(7,8)9)36(65)38(33)78-43-40(74-27(3)63)32(35(64)31(24-60)76-43)58-47(70)82-52(13,14)15/h28-40,42-43,60,64-65H,19-24H2,1-18H3,(H,54,67)(H,55,68)(H,56,69)(H,57,66)(H,58,70)(H,59,71)/t28?,29?,30-,31?,32-,33+,34+,35+,36?,37?,38-,39?,40?,42+,43+/m0/s1. The molecule has 6 amide bonds. The number of amides is 6. The molecular formula is C53H90N6O24. The van der Waals surface area contributed by atoms with Crippen LogP contribution in [0.1, 0.15) is 144 Å². The lowest BCUT2D eigenvalue weighted by Gasteiger charge is -2.52. The molecule has 30 nitrogen and oxygen atoms in total. The third kappa shape index (κ3) is 25.0. The number of rotatable bonds is 18. The molecule has 1 aliphatic carbocycles. The minimum atomic E-state index is -2.28. The van der Waals surface area contributed by atoms with Crippen molar-refractivity contribution in [1.29, 1.82) is 0 Å². The molecule has 2 heterocycles. The second-order valence-electron chi connectivity index (χ2n) is 25.1. The van der Waals surface area contributed by atoms with E-state index in [-0.39, 0.29) is 25.9 Å². The molecule has 15 atom stereocenters. The van der Waals surface area contributed by atoms with E-state index in [0.717, 1.165) is 20.8 Å². The summed E-state index contributed by atoms with van der Waals surface area (Å²) in [5.74, 6) is -4.28. The van der Waals surface area contributed by atoms with Gasteiger partial charge in [0.1, 0.15) is 76.7 Å². The van der Waals surface area contributed by atoms with Crippen molar-refractivity contribution in [2.75, 3.05) is 19.7 Å². The van der Waals surface area contributed by atoms with Crippen LogP contribution in [-0.2, 0) is 76.0 Å². The summed E-state index contributed by atoms with van der Waals surface area (Å²) < 4.78 is 69.9. The predicted octanol–water partition coefficient (Wildman–Crippen LogP) is 2.11. The molecule has 0 spiro atoms. The summed E-state index contributed by atoms with van der Waals surface area (Å²) in [5, 5.41) is 50.6. The van der Waals surface area contributed by atoms with Crippen molar-refractivity contribution in [1.82, 2.24) is 31.9 Å². The normalized spacial score (nSPS) is 28.1. The number of aliphatic hydroxyl groups is 3. The Labute approximate surface area is 483 Å². The van der Waals surface area contributed by atoms with Crippen LogP contribution in [0.3, 0.4) is 0 Å². The highest BCUT2D eigenvalue weighted by molar-refractivity contribution is 5.84. The quantitative estimate of drug-likeness (QED) is 0.0701. The first-order chi connectivity index (χ1) is 37.9. The average molecular weight is 1200 g/mol. The Morgan fingerprint density at radius 2 is 0.928 bits per heavy atom. The van der Waals surface area contributed by atoms with E-state index >= 15 is 0 Å². The van der Waals surface area contributed by atoms with Gasteiger partial charge in [-0.15, -0.1) is 0 Å². The molecule has 0 aromatic heterocycles. The molecule has 0 aromatic carbocycles. The maximum absolute atomic E-state index is 14.8. The predicted molar refractivity (Wildman–Crippen MR) is 287 cm³/mol. The van der Waals surface area contributed by atoms with Crippen molar-refractivity contribution in [3.8, 4) is 0 Å². The second kappa shape index (κ2) is 29.7. The highest BCUT2D eigenvalue weighted by atomic mass is 16.7. The van der Waals surface area contributed by atoms with Crippen molar-refractivity contribution < 1.29 is 115 Å². The zero-order chi connectivity index (χ0) is 63.3. The van der Waals surface area contributed by atoms with Crippen molar-refractivity contribution in [2.45, 2.75) is 264 Å². The summed E-state index contributed by atoms with van der Waals surface area (Å²) in [6, 6.07) is -6.75. The zero-order valence-electron chi connectivity index (χ0n) is 50.8. The lowest BCUT2D eigenvalue weighted by Crippen LogP contribution is -2.76. The fraction of sp³-hybridized carbons (Fsp3) is 0.830. The van der Waals surface area contributed by atoms with Crippen molar-refractivity contribution in [3.63, 3.8) is 0 Å². The number of nitrogens with one attached hydrogen (secondary N) is 6. The van der Waals surface area contributed by atoms with Crippen LogP contribution < -0.4 is 31.9 Å². The van der Waals surface area contributed by atoms with Gasteiger partial charge in [-0.1, -0.05) is 0 Å². The molecule has 3 aliphatic rings. The van der Waals surface area contributed by atoms with Gasteiger partial charge < -0.3 is 104 Å². The number of hydrogen-bond acceptors (Lipinski definition) is 24. The fourth-order valence-corrected chi connectivity index (χ4v) is 8.64. The van der Waals surface area contributed by atoms with Gasteiger partial charge in [-0.25, -0.2) is 24.0 Å². The van der Waals surface area contributed by atoms with E-state index in [1.807, 2.05) is 0 Å². The molecule has 0 radical (unpaired) electrons. The van der Waals surface area contributed by atoms with Gasteiger partial charge in [0, 0.05) is 40.3 Å². The Kier molecular flexibility index (Phi) is 25.4. The Bertz CT molecular complexity index is 2240. The highest BCUT2D eigenvalue weighted by Gasteiger charge is 2.59. The van der Waals surface area contributed by atoms with E-state index in [2.05, 4.69) is 31.9 Å². The van der Waals surface area contributed by atoms with Gasteiger partial charge in [-0.05, 0) is 117 Å². The minimum absolute atomic E-state index is 0.0424. The van der Waals surface area contributed by atoms with Crippen LogP contribution in [0.5, 0.6) is 0 Å². The van der Waals surface area contributed by atoms with E-state index in [4.69, 9.17) is 56.8 Å². The number of hydrogen-bond donors (Lipinski definition) is 9. The van der Waals surface area contributed by atoms with Gasteiger partial charge >= 0.3 is 48.4 Å². The molecular weight excluding hydrogens is 1100 g/mol. The number of carbonyl (C=O) groups is 9. The Hall–Kier alpha value is -6.05. The third-order valence-electron chi connectivity index (χ3n) is 11.5. The largest absolute Gasteiger partial charge is 0.458 e. The second-order valence-corrected chi connectivity index (χ2v) is 25.1. The summed E-state index contributed by atoms with van der Waals surface area (Å²) in [5.41, 5.74) is -5.15. The maximum Gasteiger partial charge on any atom is 0.408 e. The molecule has 3 rings (SSSR count). The number of esters is 3. The van der Waals surface area contributed by atoms with Crippen LogP contribution in [0, 0.1) is 0 Å². The zero-order valence-corrected chi connectivity index (χ0v) is 50.8. The van der Waals surface area contributed by atoms with Crippen LogP contribution in [-0.4, -0.2) is 209 Å². The topological polar surface area (TPSA) is 397 Å². The van der Waals surface area contributed by atoms with E-state index in [1.54, 1.807) is 83.1 Å². The Balaban J connectivity index is 2.41. The summed E-state index contributed by atoms with van der Waals surface area (Å²) in [6.07, 6.45) is -25.6. The molecule has 9 N–H and O–H groups in total. The van der Waals surface area contributed by atoms with E-state index in [1.165, 1.54) is 20.8 Å². The van der Waals surface area contributed by atoms with Gasteiger partial charge in [-0.3, -0.25) is 19.2 Å². The third-order valence-corrected chi connectivity index (χ3v) is 11.5. The monoisotopic (exact) mass is 1190 g/mol. The summed E-state index contributed by atoms with van der Waals surface area (Å²) in [6.45, 7) is 25.2. The smallest absolute Gasteiger partial charge is 0.408 e. The summed E-state index contributed by atoms with van der Waals surface area (Å²) in [7, 11) is 0. The number of aliphatic hydroxyl groups excluding tert-OH is 3. The van der Waals surface area contributed by atoms with Crippen molar-refractivity contribution in [2.24, 2.45) is 0 Å². The molecule has 476 valence electrons. The van der Waals surface area contributed by atoms with Crippen LogP contribution in [0.15, 0.2) is 0 Å². The van der Waals surface area contributed by atoms with Gasteiger partial charge in [0.2, 0.25) is 0 Å². The van der Waals surface area contributed by atoms with Crippen LogP contribution in [0.4, 0.5) is 24.0 Å². The molecule has 83 heavy (non-hydrogen) atoms. The van der Waals surface area contributed by atoms with E-state index in [9.17, 15) is 58.5 Å². The Morgan fingerprint density at radius 3 is 1.40 bits per heavy atom. The Morgan fingerprint density at radius 1 is 0.494 bits per heavy atom. The molecule has 0 aromatic rings. The molecule has 1 saturated carbocycles. The van der Waals surface area contributed by atoms with Gasteiger partial charge in [-0.2, -0.15) is 0 Å². The van der Waals surface area contributed by atoms with Gasteiger partial charge in [0.25, 0.3) is 5.91 Å². The molecule has 2 aliphatic heterocycles. The van der Waals surface area contributed by atoms with Crippen molar-refractivity contribution in [3.05, 3.63) is 0 Å². The minimum Gasteiger partial charge on any atom is -0.458 e. The number of carbonyl (C=O) groups excluding carboxylic acids is 9. The van der Waals surface area contributed by atoms with Crippen LogP contribution >= 0.6 is 0 Å². The van der Waals surface area contributed by atoms with Crippen LogP contribution in [0.2, 0.25) is 0 Å². The van der Waals surface area contributed by atoms with Gasteiger partial charge in [0.15, 0.2) is 24.8 Å². The van der Waals surface area contributed by atoms with Crippen LogP contribution in [0.25, 0.3) is 0 Å². The molecule has 0 bridgehead atoms.